The molecule has 0 saturated carbocycles. The van der Waals surface area contributed by atoms with Gasteiger partial charge in [-0.15, -0.1) is 0 Å². The van der Waals surface area contributed by atoms with Crippen molar-refractivity contribution in [2.45, 2.75) is 20.0 Å². The summed E-state index contributed by atoms with van der Waals surface area (Å²) in [7, 11) is 0. The van der Waals surface area contributed by atoms with Crippen molar-refractivity contribution < 1.29 is 14.6 Å². The number of rotatable bonds is 3. The van der Waals surface area contributed by atoms with Gasteiger partial charge in [0.2, 0.25) is 0 Å². The van der Waals surface area contributed by atoms with E-state index in [1.165, 1.54) is 0 Å². The van der Waals surface area contributed by atoms with Crippen LogP contribution in [0.3, 0.4) is 0 Å². The first-order valence-corrected chi connectivity index (χ1v) is 4.56. The molecule has 0 heterocycles. The van der Waals surface area contributed by atoms with Crippen LogP contribution in [0, 0.1) is 5.92 Å². The minimum atomic E-state index is -1.06. The molecule has 1 atom stereocenters. The fourth-order valence-corrected chi connectivity index (χ4v) is 0.937. The molecule has 0 bridgehead atoms. The fourth-order valence-electron chi connectivity index (χ4n) is 0.937. The maximum atomic E-state index is 11.3. The monoisotopic (exact) mass is 194 g/mol. The van der Waals surface area contributed by atoms with Gasteiger partial charge in [-0.3, -0.25) is 0 Å². The van der Waals surface area contributed by atoms with Gasteiger partial charge in [0.25, 0.3) is 0 Å². The Labute approximate surface area is 83.3 Å². The molecule has 3 nitrogen and oxygen atoms in total. The predicted octanol–water partition coefficient (Wildman–Crippen LogP) is 1.61. The molecule has 14 heavy (non-hydrogen) atoms. The van der Waals surface area contributed by atoms with Crippen LogP contribution in [-0.2, 0) is 4.79 Å². The number of carbonyl (C=O) groups excluding carboxylic acids is 1. The minimum Gasteiger partial charge on any atom is -0.425 e. The number of hydrogen-bond donors (Lipinski definition) is 1. The zero-order valence-electron chi connectivity index (χ0n) is 8.31. The average Bonchev–Trinajstić information content (AvgIpc) is 2.18. The first-order valence-electron chi connectivity index (χ1n) is 4.56. The van der Waals surface area contributed by atoms with E-state index in [-0.39, 0.29) is 5.92 Å². The molecule has 0 aromatic heterocycles. The molecule has 76 valence electrons. The summed E-state index contributed by atoms with van der Waals surface area (Å²) in [6.45, 7) is 3.52. The Morgan fingerprint density at radius 2 is 1.86 bits per heavy atom. The number of aliphatic hydroxyl groups excluding tert-OH is 1. The van der Waals surface area contributed by atoms with E-state index in [0.717, 1.165) is 0 Å². The number of benzene rings is 1. The fraction of sp³-hybridized carbons (Fsp3) is 0.364. The maximum Gasteiger partial charge on any atom is 0.340 e. The first-order chi connectivity index (χ1) is 6.61. The Bertz CT molecular complexity index is 293. The lowest BCUT2D eigenvalue weighted by Gasteiger charge is -2.12. The highest BCUT2D eigenvalue weighted by atomic mass is 16.5. The van der Waals surface area contributed by atoms with E-state index in [2.05, 4.69) is 0 Å². The lowest BCUT2D eigenvalue weighted by Crippen LogP contribution is -2.30. The molecule has 1 unspecified atom stereocenters. The molecule has 0 amide bonds. The van der Waals surface area contributed by atoms with Crippen LogP contribution in [0.25, 0.3) is 0 Å². The molecular weight excluding hydrogens is 180 g/mol. The molecule has 0 aliphatic heterocycles. The topological polar surface area (TPSA) is 46.5 Å². The second-order valence-electron chi connectivity index (χ2n) is 3.42. The van der Waals surface area contributed by atoms with Crippen molar-refractivity contribution in [2.24, 2.45) is 5.92 Å². The van der Waals surface area contributed by atoms with Crippen molar-refractivity contribution in [3.8, 4) is 5.75 Å². The summed E-state index contributed by atoms with van der Waals surface area (Å²) in [5.41, 5.74) is 0. The first kappa shape index (κ1) is 10.7. The van der Waals surface area contributed by atoms with Crippen LogP contribution in [0.4, 0.5) is 0 Å². The molecule has 1 aromatic carbocycles. The van der Waals surface area contributed by atoms with Crippen molar-refractivity contribution >= 4 is 5.97 Å². The number of esters is 1. The second-order valence-corrected chi connectivity index (χ2v) is 3.42. The summed E-state index contributed by atoms with van der Waals surface area (Å²) in [5, 5.41) is 9.38. The van der Waals surface area contributed by atoms with E-state index in [1.54, 1.807) is 38.1 Å². The third-order valence-corrected chi connectivity index (χ3v) is 1.83. The Balaban J connectivity index is 2.58. The second kappa shape index (κ2) is 4.77. The van der Waals surface area contributed by atoms with Gasteiger partial charge in [0, 0.05) is 0 Å². The van der Waals surface area contributed by atoms with Gasteiger partial charge in [-0.25, -0.2) is 4.79 Å². The van der Waals surface area contributed by atoms with E-state index < -0.39 is 12.1 Å². The largest absolute Gasteiger partial charge is 0.425 e. The molecule has 0 fully saturated rings. The molecule has 1 N–H and O–H groups in total. The van der Waals surface area contributed by atoms with Crippen molar-refractivity contribution in [2.75, 3.05) is 0 Å². The van der Waals surface area contributed by atoms with Crippen LogP contribution in [-0.4, -0.2) is 17.2 Å². The Morgan fingerprint density at radius 3 is 2.36 bits per heavy atom. The third-order valence-electron chi connectivity index (χ3n) is 1.83. The van der Waals surface area contributed by atoms with Gasteiger partial charge >= 0.3 is 5.97 Å². The van der Waals surface area contributed by atoms with Crippen LogP contribution >= 0.6 is 0 Å². The molecule has 0 saturated heterocycles. The van der Waals surface area contributed by atoms with Gasteiger partial charge in [0.05, 0.1) is 0 Å². The smallest absolute Gasteiger partial charge is 0.340 e. The zero-order chi connectivity index (χ0) is 10.6. The maximum absolute atomic E-state index is 11.3. The Kier molecular flexibility index (Phi) is 3.65. The van der Waals surface area contributed by atoms with Crippen LogP contribution in [0.1, 0.15) is 13.8 Å². The molecule has 0 radical (unpaired) electrons. The predicted molar refractivity (Wildman–Crippen MR) is 52.9 cm³/mol. The lowest BCUT2D eigenvalue weighted by molar-refractivity contribution is -0.145. The summed E-state index contributed by atoms with van der Waals surface area (Å²) in [6, 6.07) is 8.71. The van der Waals surface area contributed by atoms with Crippen LogP contribution in [0.5, 0.6) is 5.75 Å². The highest BCUT2D eigenvalue weighted by Crippen LogP contribution is 2.11. The summed E-state index contributed by atoms with van der Waals surface area (Å²) in [5.74, 6) is -0.283. The van der Waals surface area contributed by atoms with E-state index in [9.17, 15) is 9.90 Å². The number of hydrogen-bond acceptors (Lipinski definition) is 3. The summed E-state index contributed by atoms with van der Waals surface area (Å²) < 4.78 is 4.95. The number of para-hydroxylation sites is 1. The van der Waals surface area contributed by atoms with Gasteiger partial charge in [-0.2, -0.15) is 0 Å². The minimum absolute atomic E-state index is 0.133. The molecule has 0 aliphatic rings. The number of carbonyl (C=O) groups is 1. The molecular formula is C11H14O3. The van der Waals surface area contributed by atoms with Crippen molar-refractivity contribution in [1.29, 1.82) is 0 Å². The van der Waals surface area contributed by atoms with Gasteiger partial charge < -0.3 is 9.84 Å². The van der Waals surface area contributed by atoms with Crippen LogP contribution in [0.15, 0.2) is 30.3 Å². The third kappa shape index (κ3) is 2.85. The summed E-state index contributed by atoms with van der Waals surface area (Å²) in [4.78, 5) is 11.3. The standard InChI is InChI=1S/C11H14O3/c1-8(2)10(12)11(13)14-9-6-4-3-5-7-9/h3-8,10,12H,1-2H3. The molecule has 0 aliphatic carbocycles. The number of aliphatic hydroxyl groups is 1. The molecule has 1 aromatic rings. The molecule has 3 heteroatoms. The van der Waals surface area contributed by atoms with Gasteiger partial charge in [0.15, 0.2) is 6.10 Å². The van der Waals surface area contributed by atoms with Gasteiger partial charge in [0.1, 0.15) is 5.75 Å². The molecule has 1 rings (SSSR count). The van der Waals surface area contributed by atoms with Crippen molar-refractivity contribution in [1.82, 2.24) is 0 Å². The number of ether oxygens (including phenoxy) is 1. The highest BCUT2D eigenvalue weighted by molar-refractivity contribution is 5.77. The van der Waals surface area contributed by atoms with E-state index in [0.29, 0.717) is 5.75 Å². The van der Waals surface area contributed by atoms with E-state index >= 15 is 0 Å². The normalized spacial score (nSPS) is 12.6. The quantitative estimate of drug-likeness (QED) is 0.587. The van der Waals surface area contributed by atoms with Crippen LogP contribution in [0.2, 0.25) is 0 Å². The average molecular weight is 194 g/mol. The Hall–Kier alpha value is -1.35. The van der Waals surface area contributed by atoms with E-state index in [1.807, 2.05) is 6.07 Å². The van der Waals surface area contributed by atoms with Crippen molar-refractivity contribution in [3.63, 3.8) is 0 Å². The summed E-state index contributed by atoms with van der Waals surface area (Å²) >= 11 is 0. The van der Waals surface area contributed by atoms with Crippen molar-refractivity contribution in [3.05, 3.63) is 30.3 Å². The lowest BCUT2D eigenvalue weighted by atomic mass is 10.1. The van der Waals surface area contributed by atoms with Gasteiger partial charge in [-0.05, 0) is 18.1 Å². The zero-order valence-corrected chi connectivity index (χ0v) is 8.31. The van der Waals surface area contributed by atoms with Crippen LogP contribution < -0.4 is 4.74 Å². The van der Waals surface area contributed by atoms with E-state index in [4.69, 9.17) is 4.74 Å². The SMILES string of the molecule is CC(C)C(O)C(=O)Oc1ccccc1. The molecule has 0 spiro atoms. The summed E-state index contributed by atoms with van der Waals surface area (Å²) in [6.07, 6.45) is -1.06. The van der Waals surface area contributed by atoms with Gasteiger partial charge in [-0.1, -0.05) is 32.0 Å². The Morgan fingerprint density at radius 1 is 1.29 bits per heavy atom. The highest BCUT2D eigenvalue weighted by Gasteiger charge is 2.20.